The first-order valence-corrected chi connectivity index (χ1v) is 3.99. The van der Waals surface area contributed by atoms with Gasteiger partial charge in [0.15, 0.2) is 0 Å². The van der Waals surface area contributed by atoms with Gasteiger partial charge < -0.3 is 0 Å². The van der Waals surface area contributed by atoms with Crippen molar-refractivity contribution in [2.45, 2.75) is 12.8 Å². The maximum Gasteiger partial charge on any atom is 0.0160 e. The Hall–Kier alpha value is -0.300. The van der Waals surface area contributed by atoms with Crippen LogP contribution in [0.25, 0.3) is 0 Å². The van der Waals surface area contributed by atoms with E-state index in [-0.39, 0.29) is 0 Å². The molecule has 1 saturated heterocycles. The molecule has 1 atom stereocenters. The van der Waals surface area contributed by atoms with Gasteiger partial charge >= 0.3 is 0 Å². The second kappa shape index (κ2) is 3.77. The van der Waals surface area contributed by atoms with Gasteiger partial charge in [0.25, 0.3) is 0 Å². The number of hydrogen-bond donors (Lipinski definition) is 0. The molecule has 0 N–H and O–H groups in total. The monoisotopic (exact) mass is 138 g/mol. The number of likely N-dealkylation sites (tertiary alicyclic amines) is 1. The fourth-order valence-corrected chi connectivity index (χ4v) is 1.50. The first kappa shape index (κ1) is 7.80. The summed E-state index contributed by atoms with van der Waals surface area (Å²) in [4.78, 5) is 2.41. The van der Waals surface area contributed by atoms with Crippen molar-refractivity contribution in [3.8, 4) is 0 Å². The molecule has 0 aromatic rings. The average Bonchev–Trinajstić information content (AvgIpc) is 1.88. The van der Waals surface area contributed by atoms with Crippen LogP contribution < -0.4 is 0 Å². The van der Waals surface area contributed by atoms with E-state index in [0.717, 1.165) is 13.1 Å². The van der Waals surface area contributed by atoms with E-state index in [1.807, 2.05) is 6.08 Å². The normalized spacial score (nSPS) is 28.3. The zero-order valence-electron chi connectivity index (χ0n) is 6.55. The molecule has 1 nitrogen and oxygen atoms in total. The van der Waals surface area contributed by atoms with Crippen molar-refractivity contribution in [3.05, 3.63) is 19.6 Å². The van der Waals surface area contributed by atoms with Crippen LogP contribution >= 0.6 is 0 Å². The minimum absolute atomic E-state index is 0.647. The van der Waals surface area contributed by atoms with Gasteiger partial charge in [0.05, 0.1) is 0 Å². The Kier molecular flexibility index (Phi) is 2.94. The Balaban J connectivity index is 2.24. The molecule has 0 spiro atoms. The molecule has 10 heavy (non-hydrogen) atoms. The fraction of sp³-hybridized carbons (Fsp3) is 0.667. The van der Waals surface area contributed by atoms with E-state index in [4.69, 9.17) is 0 Å². The zero-order valence-corrected chi connectivity index (χ0v) is 6.55. The first-order chi connectivity index (χ1) is 4.83. The van der Waals surface area contributed by atoms with Gasteiger partial charge in [0, 0.05) is 13.1 Å². The lowest BCUT2D eigenvalue weighted by molar-refractivity contribution is 0.214. The molecular weight excluding hydrogens is 122 g/mol. The number of hydrogen-bond acceptors (Lipinski definition) is 1. The van der Waals surface area contributed by atoms with Crippen molar-refractivity contribution in [2.75, 3.05) is 19.6 Å². The van der Waals surface area contributed by atoms with Crippen molar-refractivity contribution < 1.29 is 0 Å². The third-order valence-corrected chi connectivity index (χ3v) is 1.99. The highest BCUT2D eigenvalue weighted by Crippen LogP contribution is 2.14. The van der Waals surface area contributed by atoms with E-state index < -0.39 is 0 Å². The van der Waals surface area contributed by atoms with E-state index in [0.29, 0.717) is 5.92 Å². The summed E-state index contributed by atoms with van der Waals surface area (Å²) in [6.07, 6.45) is 4.58. The van der Waals surface area contributed by atoms with Crippen LogP contribution in [0.15, 0.2) is 12.7 Å². The molecule has 0 bridgehead atoms. The number of rotatable bonds is 2. The van der Waals surface area contributed by atoms with Gasteiger partial charge in [0.2, 0.25) is 0 Å². The molecule has 0 saturated carbocycles. The summed E-state index contributed by atoms with van der Waals surface area (Å²) in [7, 11) is 0. The predicted octanol–water partition coefficient (Wildman–Crippen LogP) is 1.72. The standard InChI is InChI=1S/C9H16N/c1-3-6-10-7-4-5-9(2)8-10/h3,9H,1-2,4-8H2. The highest BCUT2D eigenvalue weighted by molar-refractivity contribution is 4.79. The lowest BCUT2D eigenvalue weighted by atomic mass is 10.0. The molecule has 1 radical (unpaired) electrons. The van der Waals surface area contributed by atoms with Gasteiger partial charge in [-0.25, -0.2) is 0 Å². The maximum atomic E-state index is 4.05. The Labute approximate surface area is 63.7 Å². The van der Waals surface area contributed by atoms with E-state index in [1.54, 1.807) is 0 Å². The Bertz CT molecular complexity index is 109. The largest absolute Gasteiger partial charge is 0.299 e. The SMILES string of the molecule is [CH2]C1CCCN(CC=C)C1. The van der Waals surface area contributed by atoms with Crippen LogP contribution in [-0.4, -0.2) is 24.5 Å². The zero-order chi connectivity index (χ0) is 7.40. The molecule has 0 aliphatic carbocycles. The molecule has 0 amide bonds. The van der Waals surface area contributed by atoms with Gasteiger partial charge in [-0.05, 0) is 32.2 Å². The van der Waals surface area contributed by atoms with Crippen LogP contribution in [0.2, 0.25) is 0 Å². The summed E-state index contributed by atoms with van der Waals surface area (Å²) >= 11 is 0. The van der Waals surface area contributed by atoms with Crippen LogP contribution in [0.1, 0.15) is 12.8 Å². The Morgan fingerprint density at radius 2 is 2.40 bits per heavy atom. The van der Waals surface area contributed by atoms with E-state index in [9.17, 15) is 0 Å². The van der Waals surface area contributed by atoms with Crippen molar-refractivity contribution in [1.29, 1.82) is 0 Å². The van der Waals surface area contributed by atoms with Crippen LogP contribution in [-0.2, 0) is 0 Å². The maximum absolute atomic E-state index is 4.05. The fourth-order valence-electron chi connectivity index (χ4n) is 1.50. The average molecular weight is 138 g/mol. The smallest absolute Gasteiger partial charge is 0.0160 e. The van der Waals surface area contributed by atoms with Crippen molar-refractivity contribution in [3.63, 3.8) is 0 Å². The minimum Gasteiger partial charge on any atom is -0.299 e. The molecule has 1 unspecified atom stereocenters. The molecular formula is C9H16N. The van der Waals surface area contributed by atoms with Crippen molar-refractivity contribution in [1.82, 2.24) is 4.90 Å². The summed E-state index contributed by atoms with van der Waals surface area (Å²) < 4.78 is 0. The summed E-state index contributed by atoms with van der Waals surface area (Å²) in [6.45, 7) is 11.2. The summed E-state index contributed by atoms with van der Waals surface area (Å²) in [5.41, 5.74) is 0. The topological polar surface area (TPSA) is 3.24 Å². The molecule has 1 fully saturated rings. The molecule has 0 aromatic carbocycles. The molecule has 1 rings (SSSR count). The Morgan fingerprint density at radius 1 is 1.60 bits per heavy atom. The van der Waals surface area contributed by atoms with Crippen LogP contribution in [0.3, 0.4) is 0 Å². The second-order valence-corrected chi connectivity index (χ2v) is 3.06. The summed E-state index contributed by atoms with van der Waals surface area (Å²) in [5, 5.41) is 0. The van der Waals surface area contributed by atoms with Crippen LogP contribution in [0, 0.1) is 12.8 Å². The Morgan fingerprint density at radius 3 is 3.00 bits per heavy atom. The first-order valence-electron chi connectivity index (χ1n) is 3.99. The minimum atomic E-state index is 0.647. The summed E-state index contributed by atoms with van der Waals surface area (Å²) in [6, 6.07) is 0. The third-order valence-electron chi connectivity index (χ3n) is 1.99. The summed E-state index contributed by atoms with van der Waals surface area (Å²) in [5.74, 6) is 0.647. The lowest BCUT2D eigenvalue weighted by Gasteiger charge is -2.29. The molecule has 1 aliphatic rings. The molecule has 1 aliphatic heterocycles. The quantitative estimate of drug-likeness (QED) is 0.525. The highest BCUT2D eigenvalue weighted by atomic mass is 15.1. The molecule has 1 heteroatoms. The van der Waals surface area contributed by atoms with Gasteiger partial charge in [-0.2, -0.15) is 0 Å². The lowest BCUT2D eigenvalue weighted by Crippen LogP contribution is -2.34. The third kappa shape index (κ3) is 2.14. The van der Waals surface area contributed by atoms with Gasteiger partial charge in [-0.15, -0.1) is 6.58 Å². The van der Waals surface area contributed by atoms with Gasteiger partial charge in [0.1, 0.15) is 0 Å². The molecule has 57 valence electrons. The van der Waals surface area contributed by atoms with Gasteiger partial charge in [-0.1, -0.05) is 6.08 Å². The van der Waals surface area contributed by atoms with Crippen molar-refractivity contribution in [2.24, 2.45) is 5.92 Å². The van der Waals surface area contributed by atoms with E-state index >= 15 is 0 Å². The number of piperidine rings is 1. The van der Waals surface area contributed by atoms with Crippen LogP contribution in [0.5, 0.6) is 0 Å². The predicted molar refractivity (Wildman–Crippen MR) is 44.7 cm³/mol. The molecule has 1 heterocycles. The molecule has 0 aromatic heterocycles. The van der Waals surface area contributed by atoms with Crippen LogP contribution in [0.4, 0.5) is 0 Å². The van der Waals surface area contributed by atoms with E-state index in [2.05, 4.69) is 18.4 Å². The van der Waals surface area contributed by atoms with E-state index in [1.165, 1.54) is 19.4 Å². The van der Waals surface area contributed by atoms with Crippen molar-refractivity contribution >= 4 is 0 Å². The number of nitrogens with zero attached hydrogens (tertiary/aromatic N) is 1. The second-order valence-electron chi connectivity index (χ2n) is 3.06. The van der Waals surface area contributed by atoms with Gasteiger partial charge in [-0.3, -0.25) is 4.90 Å². The highest BCUT2D eigenvalue weighted by Gasteiger charge is 2.13.